The molecule has 0 aromatic heterocycles. The zero-order chi connectivity index (χ0) is 14.9. The molecule has 0 aliphatic rings. The van der Waals surface area contributed by atoms with Gasteiger partial charge in [0.2, 0.25) is 0 Å². The summed E-state index contributed by atoms with van der Waals surface area (Å²) in [6, 6.07) is 12.1. The van der Waals surface area contributed by atoms with Gasteiger partial charge in [0.25, 0.3) is 0 Å². The second-order valence-corrected chi connectivity index (χ2v) is 7.27. The molecule has 0 aliphatic carbocycles. The van der Waals surface area contributed by atoms with Crippen molar-refractivity contribution >= 4 is 10.8 Å². The van der Waals surface area contributed by atoms with Gasteiger partial charge >= 0.3 is 0 Å². The highest BCUT2D eigenvalue weighted by Gasteiger charge is 2.28. The molecule has 0 aliphatic heterocycles. The fraction of sp³-hybridized carbons (Fsp3) is 0.474. The van der Waals surface area contributed by atoms with Crippen LogP contribution < -0.4 is 0 Å². The van der Waals surface area contributed by atoms with E-state index in [9.17, 15) is 5.11 Å². The van der Waals surface area contributed by atoms with E-state index in [1.165, 1.54) is 10.9 Å². The van der Waals surface area contributed by atoms with E-state index >= 15 is 0 Å². The Morgan fingerprint density at radius 3 is 2.15 bits per heavy atom. The lowest BCUT2D eigenvalue weighted by Gasteiger charge is -2.33. The van der Waals surface area contributed by atoms with E-state index in [0.29, 0.717) is 17.6 Å². The standard InChI is InChI=1S/C19H26O/c1-13(2)12-17(19(3,4)5)15-9-6-10-16-14(15)8-7-11-18(16)20/h6-11,13,17,20H,12H2,1-5H3. The van der Waals surface area contributed by atoms with Crippen LogP contribution in [0.3, 0.4) is 0 Å². The van der Waals surface area contributed by atoms with Crippen molar-refractivity contribution in [3.05, 3.63) is 42.0 Å². The first-order valence-electron chi connectivity index (χ1n) is 7.51. The Morgan fingerprint density at radius 1 is 0.950 bits per heavy atom. The van der Waals surface area contributed by atoms with E-state index in [2.05, 4.69) is 52.8 Å². The summed E-state index contributed by atoms with van der Waals surface area (Å²) >= 11 is 0. The van der Waals surface area contributed by atoms with Crippen LogP contribution in [0.25, 0.3) is 10.8 Å². The van der Waals surface area contributed by atoms with E-state index in [4.69, 9.17) is 0 Å². The van der Waals surface area contributed by atoms with E-state index in [0.717, 1.165) is 11.8 Å². The van der Waals surface area contributed by atoms with Crippen LogP contribution in [0, 0.1) is 11.3 Å². The molecule has 1 atom stereocenters. The largest absolute Gasteiger partial charge is 0.507 e. The van der Waals surface area contributed by atoms with Crippen LogP contribution in [-0.2, 0) is 0 Å². The van der Waals surface area contributed by atoms with Gasteiger partial charge in [-0.1, -0.05) is 65.0 Å². The van der Waals surface area contributed by atoms with E-state index < -0.39 is 0 Å². The maximum absolute atomic E-state index is 10.1. The Kier molecular flexibility index (Phi) is 4.08. The van der Waals surface area contributed by atoms with Crippen molar-refractivity contribution in [2.75, 3.05) is 0 Å². The second kappa shape index (κ2) is 5.47. The van der Waals surface area contributed by atoms with Crippen LogP contribution in [-0.4, -0.2) is 5.11 Å². The van der Waals surface area contributed by atoms with Crippen LogP contribution in [0.5, 0.6) is 5.75 Å². The zero-order valence-corrected chi connectivity index (χ0v) is 13.3. The predicted molar refractivity (Wildman–Crippen MR) is 87.3 cm³/mol. The van der Waals surface area contributed by atoms with Gasteiger partial charge in [-0.3, -0.25) is 0 Å². The molecule has 2 aromatic rings. The summed E-state index contributed by atoms with van der Waals surface area (Å²) < 4.78 is 0. The summed E-state index contributed by atoms with van der Waals surface area (Å²) in [6.45, 7) is 11.5. The lowest BCUT2D eigenvalue weighted by molar-refractivity contribution is 0.281. The minimum atomic E-state index is 0.212. The van der Waals surface area contributed by atoms with Gasteiger partial charge in [0, 0.05) is 5.39 Å². The Labute approximate surface area is 122 Å². The topological polar surface area (TPSA) is 20.2 Å². The van der Waals surface area contributed by atoms with Gasteiger partial charge in [0.05, 0.1) is 0 Å². The fourth-order valence-electron chi connectivity index (χ4n) is 3.04. The molecule has 0 fully saturated rings. The number of fused-ring (bicyclic) bond motifs is 1. The molecule has 2 aromatic carbocycles. The maximum Gasteiger partial charge on any atom is 0.123 e. The van der Waals surface area contributed by atoms with Gasteiger partial charge in [-0.2, -0.15) is 0 Å². The quantitative estimate of drug-likeness (QED) is 0.756. The molecule has 1 N–H and O–H groups in total. The number of phenols is 1. The molecule has 0 saturated heterocycles. The third kappa shape index (κ3) is 2.98. The molecule has 0 amide bonds. The minimum absolute atomic E-state index is 0.212. The molecular formula is C19H26O. The maximum atomic E-state index is 10.1. The van der Waals surface area contributed by atoms with Gasteiger partial charge in [-0.05, 0) is 40.7 Å². The van der Waals surface area contributed by atoms with Crippen molar-refractivity contribution in [2.45, 2.75) is 47.0 Å². The number of rotatable bonds is 3. The normalized spacial score (nSPS) is 13.9. The Hall–Kier alpha value is -1.50. The van der Waals surface area contributed by atoms with Gasteiger partial charge in [-0.15, -0.1) is 0 Å². The molecule has 1 unspecified atom stereocenters. The van der Waals surface area contributed by atoms with Crippen molar-refractivity contribution in [1.82, 2.24) is 0 Å². The molecule has 20 heavy (non-hydrogen) atoms. The summed E-state index contributed by atoms with van der Waals surface area (Å²) in [4.78, 5) is 0. The van der Waals surface area contributed by atoms with Crippen molar-refractivity contribution in [2.24, 2.45) is 11.3 Å². The van der Waals surface area contributed by atoms with Crippen LogP contribution in [0.2, 0.25) is 0 Å². The van der Waals surface area contributed by atoms with Crippen LogP contribution in [0.4, 0.5) is 0 Å². The van der Waals surface area contributed by atoms with Crippen molar-refractivity contribution in [3.63, 3.8) is 0 Å². The molecule has 0 spiro atoms. The smallest absolute Gasteiger partial charge is 0.123 e. The summed E-state index contributed by atoms with van der Waals surface area (Å²) in [6.07, 6.45) is 1.16. The minimum Gasteiger partial charge on any atom is -0.507 e. The van der Waals surface area contributed by atoms with E-state index in [-0.39, 0.29) is 5.41 Å². The first-order chi connectivity index (χ1) is 9.30. The molecular weight excluding hydrogens is 244 g/mol. The highest BCUT2D eigenvalue weighted by molar-refractivity contribution is 5.91. The van der Waals surface area contributed by atoms with Crippen LogP contribution in [0.1, 0.15) is 52.5 Å². The lowest BCUT2D eigenvalue weighted by atomic mass is 9.71. The summed E-state index contributed by atoms with van der Waals surface area (Å²) in [5, 5.41) is 12.2. The zero-order valence-electron chi connectivity index (χ0n) is 13.3. The van der Waals surface area contributed by atoms with Crippen LogP contribution >= 0.6 is 0 Å². The summed E-state index contributed by atoms with van der Waals surface area (Å²) in [5.74, 6) is 1.53. The first kappa shape index (κ1) is 14.9. The number of aromatic hydroxyl groups is 1. The molecule has 1 heteroatoms. The van der Waals surface area contributed by atoms with Crippen LogP contribution in [0.15, 0.2) is 36.4 Å². The Bertz CT molecular complexity index is 590. The van der Waals surface area contributed by atoms with E-state index in [1.807, 2.05) is 12.1 Å². The second-order valence-electron chi connectivity index (χ2n) is 7.27. The predicted octanol–water partition coefficient (Wildman–Crippen LogP) is 5.72. The first-order valence-corrected chi connectivity index (χ1v) is 7.51. The molecule has 0 saturated carbocycles. The molecule has 1 nitrogen and oxygen atoms in total. The highest BCUT2D eigenvalue weighted by atomic mass is 16.3. The number of benzene rings is 2. The molecule has 108 valence electrons. The molecule has 2 rings (SSSR count). The molecule has 0 heterocycles. The van der Waals surface area contributed by atoms with Crippen molar-refractivity contribution in [1.29, 1.82) is 0 Å². The van der Waals surface area contributed by atoms with Gasteiger partial charge in [-0.25, -0.2) is 0 Å². The van der Waals surface area contributed by atoms with Crippen molar-refractivity contribution < 1.29 is 5.11 Å². The van der Waals surface area contributed by atoms with Gasteiger partial charge in [0.1, 0.15) is 5.75 Å². The number of hydrogen-bond donors (Lipinski definition) is 1. The number of phenolic OH excluding ortho intramolecular Hbond substituents is 1. The number of hydrogen-bond acceptors (Lipinski definition) is 1. The van der Waals surface area contributed by atoms with E-state index in [1.54, 1.807) is 6.07 Å². The highest BCUT2D eigenvalue weighted by Crippen LogP contribution is 2.43. The third-order valence-corrected chi connectivity index (χ3v) is 4.06. The lowest BCUT2D eigenvalue weighted by Crippen LogP contribution is -2.20. The molecule has 0 radical (unpaired) electrons. The SMILES string of the molecule is CC(C)CC(c1cccc2c(O)cccc12)C(C)(C)C. The average molecular weight is 270 g/mol. The van der Waals surface area contributed by atoms with Crippen molar-refractivity contribution in [3.8, 4) is 5.75 Å². The Morgan fingerprint density at radius 2 is 1.55 bits per heavy atom. The molecule has 0 bridgehead atoms. The summed E-state index contributed by atoms with van der Waals surface area (Å²) in [5.41, 5.74) is 1.57. The fourth-order valence-corrected chi connectivity index (χ4v) is 3.04. The van der Waals surface area contributed by atoms with Gasteiger partial charge < -0.3 is 5.11 Å². The monoisotopic (exact) mass is 270 g/mol. The van der Waals surface area contributed by atoms with Gasteiger partial charge in [0.15, 0.2) is 0 Å². The average Bonchev–Trinajstić information content (AvgIpc) is 2.35. The Balaban J connectivity index is 2.62. The third-order valence-electron chi connectivity index (χ3n) is 4.06. The summed E-state index contributed by atoms with van der Waals surface area (Å²) in [7, 11) is 0.